The Kier molecular flexibility index (Phi) is 5.46. The number of imide groups is 1. The Morgan fingerprint density at radius 3 is 2.65 bits per heavy atom. The zero-order valence-electron chi connectivity index (χ0n) is 11.7. The zero-order valence-corrected chi connectivity index (χ0v) is 14.3. The van der Waals surface area contributed by atoms with Crippen LogP contribution >= 0.6 is 32.4 Å². The van der Waals surface area contributed by atoms with Gasteiger partial charge in [-0.25, -0.2) is 14.2 Å². The number of carbonyl (C=O) groups is 2. The van der Waals surface area contributed by atoms with Crippen LogP contribution in [0.1, 0.15) is 15.9 Å². The third-order valence-electron chi connectivity index (χ3n) is 2.79. The second kappa shape index (κ2) is 7.17. The summed E-state index contributed by atoms with van der Waals surface area (Å²) in [6.07, 6.45) is 1.58. The van der Waals surface area contributed by atoms with Crippen LogP contribution in [0.4, 0.5) is 14.9 Å². The molecule has 0 radical (unpaired) electrons. The molecule has 2 rings (SSSR count). The second-order valence-corrected chi connectivity index (χ2v) is 5.66. The summed E-state index contributed by atoms with van der Waals surface area (Å²) in [4.78, 5) is 31.3. The summed E-state index contributed by atoms with van der Waals surface area (Å²) >= 11 is 11.2. The smallest absolute Gasteiger partial charge is 0.305 e. The quantitative estimate of drug-likeness (QED) is 0.625. The number of aromatic nitrogens is 2. The highest BCUT2D eigenvalue weighted by Crippen LogP contribution is 2.20. The molecule has 0 aliphatic carbocycles. The Balaban J connectivity index is 2.15. The van der Waals surface area contributed by atoms with Gasteiger partial charge in [-0.2, -0.15) is 0 Å². The van der Waals surface area contributed by atoms with Crippen molar-refractivity contribution in [3.05, 3.63) is 45.6 Å². The number of hydrogen-bond donors (Lipinski definition) is 2. The highest BCUT2D eigenvalue weighted by molar-refractivity contribution is 7.27. The number of anilines is 1. The van der Waals surface area contributed by atoms with E-state index in [9.17, 15) is 14.0 Å². The van der Waals surface area contributed by atoms with Crippen molar-refractivity contribution in [1.82, 2.24) is 15.3 Å². The van der Waals surface area contributed by atoms with E-state index >= 15 is 0 Å². The van der Waals surface area contributed by atoms with E-state index < -0.39 is 22.9 Å². The maximum atomic E-state index is 13.4. The summed E-state index contributed by atoms with van der Waals surface area (Å²) in [5.41, 5.74) is 1.39. The fourth-order valence-electron chi connectivity index (χ4n) is 1.66. The lowest BCUT2D eigenvalue weighted by Crippen LogP contribution is -2.36. The van der Waals surface area contributed by atoms with Crippen LogP contribution < -0.4 is 16.1 Å². The molecule has 2 heterocycles. The summed E-state index contributed by atoms with van der Waals surface area (Å²) in [5.74, 6) is -1.83. The molecule has 3 amide bonds. The minimum atomic E-state index is -0.919. The number of nitrogens with zero attached hydrogens (tertiary/aromatic N) is 2. The first-order valence-electron chi connectivity index (χ1n) is 6.14. The van der Waals surface area contributed by atoms with E-state index in [1.165, 1.54) is 0 Å². The third kappa shape index (κ3) is 4.13. The minimum Gasteiger partial charge on any atom is -0.305 e. The van der Waals surface area contributed by atoms with Gasteiger partial charge in [0.1, 0.15) is 5.15 Å². The first-order chi connectivity index (χ1) is 10.8. The van der Waals surface area contributed by atoms with Crippen LogP contribution in [0.5, 0.6) is 0 Å². The van der Waals surface area contributed by atoms with Crippen LogP contribution in [0.3, 0.4) is 0 Å². The summed E-state index contributed by atoms with van der Waals surface area (Å²) in [7, 11) is 2.36. The Labute approximate surface area is 143 Å². The van der Waals surface area contributed by atoms with Crippen molar-refractivity contribution < 1.29 is 14.0 Å². The number of carbonyl (C=O) groups excluding carboxylic acids is 2. The summed E-state index contributed by atoms with van der Waals surface area (Å²) in [5, 5.41) is 3.74. The van der Waals surface area contributed by atoms with E-state index in [2.05, 4.69) is 24.5 Å². The standard InChI is InChI=1S/C13H10Cl2FN4O2P/c1-5-2-3-17-12(23)8(5)18-13(22)20-11(21)6-4-7(16)10(15)19-9(6)14/h2-4H,23H2,1H3,(H2,18,20,21,22). The van der Waals surface area contributed by atoms with Crippen LogP contribution in [-0.4, -0.2) is 21.9 Å². The van der Waals surface area contributed by atoms with E-state index in [1.807, 2.05) is 5.32 Å². The van der Waals surface area contributed by atoms with Crippen molar-refractivity contribution in [3.8, 4) is 0 Å². The van der Waals surface area contributed by atoms with Crippen molar-refractivity contribution in [2.75, 3.05) is 5.32 Å². The number of pyridine rings is 2. The molecule has 6 nitrogen and oxygen atoms in total. The van der Waals surface area contributed by atoms with Gasteiger partial charge in [0, 0.05) is 6.20 Å². The van der Waals surface area contributed by atoms with Crippen molar-refractivity contribution in [3.63, 3.8) is 0 Å². The number of rotatable bonds is 2. The SMILES string of the molecule is Cc1ccnc(P)c1NC(=O)NC(=O)c1cc(F)c(Cl)nc1Cl. The minimum absolute atomic E-state index is 0.308. The Morgan fingerprint density at radius 2 is 2.00 bits per heavy atom. The lowest BCUT2D eigenvalue weighted by atomic mass is 10.2. The molecule has 0 saturated heterocycles. The van der Waals surface area contributed by atoms with Gasteiger partial charge in [0.15, 0.2) is 11.0 Å². The summed E-state index contributed by atoms with van der Waals surface area (Å²) < 4.78 is 13.4. The van der Waals surface area contributed by atoms with Gasteiger partial charge in [-0.1, -0.05) is 32.4 Å². The lowest BCUT2D eigenvalue weighted by Gasteiger charge is -2.11. The van der Waals surface area contributed by atoms with Crippen LogP contribution in [0.15, 0.2) is 18.3 Å². The number of urea groups is 1. The van der Waals surface area contributed by atoms with Crippen LogP contribution in [0, 0.1) is 12.7 Å². The first kappa shape index (κ1) is 17.5. The number of nitrogens with one attached hydrogen (secondary N) is 2. The molecule has 2 aromatic heterocycles. The highest BCUT2D eigenvalue weighted by atomic mass is 35.5. The molecule has 1 atom stereocenters. The Hall–Kier alpha value is -1.82. The maximum Gasteiger partial charge on any atom is 0.326 e. The van der Waals surface area contributed by atoms with Gasteiger partial charge in [0.05, 0.1) is 16.7 Å². The molecule has 2 aromatic rings. The number of aryl methyl sites for hydroxylation is 1. The topological polar surface area (TPSA) is 84.0 Å². The normalized spacial score (nSPS) is 10.3. The van der Waals surface area contributed by atoms with E-state index in [0.29, 0.717) is 11.1 Å². The van der Waals surface area contributed by atoms with Crippen molar-refractivity contribution in [1.29, 1.82) is 0 Å². The largest absolute Gasteiger partial charge is 0.326 e. The Morgan fingerprint density at radius 1 is 1.30 bits per heavy atom. The molecule has 0 bridgehead atoms. The number of hydrogen-bond acceptors (Lipinski definition) is 4. The van der Waals surface area contributed by atoms with E-state index in [-0.39, 0.29) is 10.7 Å². The second-order valence-electron chi connectivity index (χ2n) is 4.40. The molecule has 10 heteroatoms. The van der Waals surface area contributed by atoms with Crippen LogP contribution in [0.25, 0.3) is 0 Å². The van der Waals surface area contributed by atoms with Gasteiger partial charge in [-0.05, 0) is 24.6 Å². The molecular weight excluding hydrogens is 365 g/mol. The van der Waals surface area contributed by atoms with Gasteiger partial charge in [-0.3, -0.25) is 15.1 Å². The van der Waals surface area contributed by atoms with E-state index in [4.69, 9.17) is 23.2 Å². The lowest BCUT2D eigenvalue weighted by molar-refractivity contribution is 0.0966. The molecule has 0 saturated carbocycles. The van der Waals surface area contributed by atoms with Gasteiger partial charge < -0.3 is 5.32 Å². The predicted molar refractivity (Wildman–Crippen MR) is 89.0 cm³/mol. The molecule has 0 aliphatic heterocycles. The molecule has 0 aliphatic rings. The monoisotopic (exact) mass is 374 g/mol. The average Bonchev–Trinajstić information content (AvgIpc) is 2.46. The van der Waals surface area contributed by atoms with E-state index in [0.717, 1.165) is 11.6 Å². The number of amides is 3. The highest BCUT2D eigenvalue weighted by Gasteiger charge is 2.18. The van der Waals surface area contributed by atoms with Crippen molar-refractivity contribution in [2.45, 2.75) is 6.92 Å². The zero-order chi connectivity index (χ0) is 17.1. The van der Waals surface area contributed by atoms with Gasteiger partial charge >= 0.3 is 6.03 Å². The molecular formula is C13H10Cl2FN4O2P. The van der Waals surface area contributed by atoms with Gasteiger partial charge in [0.25, 0.3) is 5.91 Å². The van der Waals surface area contributed by atoms with Gasteiger partial charge in [0.2, 0.25) is 0 Å². The van der Waals surface area contributed by atoms with Crippen LogP contribution in [0.2, 0.25) is 10.3 Å². The molecule has 120 valence electrons. The van der Waals surface area contributed by atoms with Crippen molar-refractivity contribution >= 4 is 55.5 Å². The molecule has 0 fully saturated rings. The summed E-state index contributed by atoms with van der Waals surface area (Å²) in [6.45, 7) is 1.77. The molecule has 2 N–H and O–H groups in total. The predicted octanol–water partition coefficient (Wildman–Crippen LogP) is 2.69. The van der Waals surface area contributed by atoms with Crippen LogP contribution in [-0.2, 0) is 0 Å². The average molecular weight is 375 g/mol. The fourth-order valence-corrected chi connectivity index (χ4v) is 2.46. The first-order valence-corrected chi connectivity index (χ1v) is 7.48. The molecule has 0 spiro atoms. The fraction of sp³-hybridized carbons (Fsp3) is 0.0769. The van der Waals surface area contributed by atoms with E-state index in [1.54, 1.807) is 19.2 Å². The third-order valence-corrected chi connectivity index (χ3v) is 3.78. The summed E-state index contributed by atoms with van der Waals surface area (Å²) in [6, 6.07) is 1.68. The molecule has 0 aromatic carbocycles. The van der Waals surface area contributed by atoms with Crippen molar-refractivity contribution in [2.24, 2.45) is 0 Å². The Bertz CT molecular complexity index is 784. The molecule has 23 heavy (non-hydrogen) atoms. The van der Waals surface area contributed by atoms with Gasteiger partial charge in [-0.15, -0.1) is 0 Å². The maximum absolute atomic E-state index is 13.4. The molecule has 1 unspecified atom stereocenters. The number of halogens is 3.